The molecule has 0 amide bonds. The predicted molar refractivity (Wildman–Crippen MR) is 76.0 cm³/mol. The van der Waals surface area contributed by atoms with Crippen LogP contribution in [-0.4, -0.2) is 26.0 Å². The van der Waals surface area contributed by atoms with Crippen molar-refractivity contribution in [3.05, 3.63) is 46.8 Å². The highest BCUT2D eigenvalue weighted by atomic mass is 32.2. The van der Waals surface area contributed by atoms with Crippen LogP contribution in [-0.2, 0) is 16.4 Å². The van der Waals surface area contributed by atoms with Gasteiger partial charge in [0.05, 0.1) is 11.3 Å². The van der Waals surface area contributed by atoms with Gasteiger partial charge in [0.2, 0.25) is 0 Å². The number of sulfonamides is 1. The van der Waals surface area contributed by atoms with Crippen molar-refractivity contribution in [1.29, 1.82) is 0 Å². The first-order valence-electron chi connectivity index (χ1n) is 5.92. The average Bonchev–Trinajstić information content (AvgIpc) is 3.07. The molecule has 0 atom stereocenters. The summed E-state index contributed by atoms with van der Waals surface area (Å²) in [6.45, 7) is 0.346. The van der Waals surface area contributed by atoms with Crippen LogP contribution in [0.2, 0.25) is 0 Å². The standard InChI is InChI=1S/C13H11NO4S2/c15-13(16)10-3-4-11-9(8-10)5-6-14(11)20(17,18)12-2-1-7-19-12/h1-4,7-8H,5-6H2,(H,15,16). The number of carboxylic acids is 1. The maximum absolute atomic E-state index is 12.5. The first-order chi connectivity index (χ1) is 9.50. The minimum absolute atomic E-state index is 0.180. The van der Waals surface area contributed by atoms with E-state index in [1.807, 2.05) is 0 Å². The average molecular weight is 309 g/mol. The van der Waals surface area contributed by atoms with Crippen molar-refractivity contribution in [3.63, 3.8) is 0 Å². The molecule has 0 radical (unpaired) electrons. The maximum Gasteiger partial charge on any atom is 0.335 e. The van der Waals surface area contributed by atoms with Gasteiger partial charge < -0.3 is 5.11 Å². The topological polar surface area (TPSA) is 74.7 Å². The molecule has 5 nitrogen and oxygen atoms in total. The molecule has 1 aliphatic heterocycles. The van der Waals surface area contributed by atoms with Gasteiger partial charge in [0.1, 0.15) is 4.21 Å². The number of benzene rings is 1. The Morgan fingerprint density at radius 3 is 2.75 bits per heavy atom. The molecule has 104 valence electrons. The molecule has 1 aromatic heterocycles. The fourth-order valence-corrected chi connectivity index (χ4v) is 4.88. The molecule has 1 aromatic carbocycles. The molecule has 1 N–H and O–H groups in total. The fourth-order valence-electron chi connectivity index (χ4n) is 2.27. The van der Waals surface area contributed by atoms with Crippen molar-refractivity contribution in [2.45, 2.75) is 10.6 Å². The Labute approximate surface area is 120 Å². The molecular formula is C13H11NO4S2. The summed E-state index contributed by atoms with van der Waals surface area (Å²) in [5.74, 6) is -1.01. The quantitative estimate of drug-likeness (QED) is 0.943. The van der Waals surface area contributed by atoms with E-state index in [1.165, 1.54) is 21.7 Å². The first kappa shape index (κ1) is 13.1. The molecule has 0 aliphatic carbocycles. The number of rotatable bonds is 3. The molecule has 0 unspecified atom stereocenters. The van der Waals surface area contributed by atoms with Gasteiger partial charge in [-0.3, -0.25) is 4.31 Å². The summed E-state index contributed by atoms with van der Waals surface area (Å²) in [5, 5.41) is 10.7. The molecule has 2 aromatic rings. The molecule has 3 rings (SSSR count). The summed E-state index contributed by atoms with van der Waals surface area (Å²) in [6, 6.07) is 7.81. The van der Waals surface area contributed by atoms with Gasteiger partial charge in [-0.25, -0.2) is 13.2 Å². The molecular weight excluding hydrogens is 298 g/mol. The van der Waals surface area contributed by atoms with E-state index in [0.29, 0.717) is 22.9 Å². The highest BCUT2D eigenvalue weighted by Crippen LogP contribution is 2.34. The number of anilines is 1. The van der Waals surface area contributed by atoms with Crippen LogP contribution in [0.15, 0.2) is 39.9 Å². The van der Waals surface area contributed by atoms with Gasteiger partial charge in [0.25, 0.3) is 10.0 Å². The number of hydrogen-bond acceptors (Lipinski definition) is 4. The van der Waals surface area contributed by atoms with E-state index < -0.39 is 16.0 Å². The van der Waals surface area contributed by atoms with Gasteiger partial charge in [0.15, 0.2) is 0 Å². The lowest BCUT2D eigenvalue weighted by Crippen LogP contribution is -2.28. The van der Waals surface area contributed by atoms with Gasteiger partial charge in [0, 0.05) is 6.54 Å². The van der Waals surface area contributed by atoms with E-state index in [2.05, 4.69) is 0 Å². The van der Waals surface area contributed by atoms with E-state index >= 15 is 0 Å². The maximum atomic E-state index is 12.5. The van der Waals surface area contributed by atoms with Crippen LogP contribution >= 0.6 is 11.3 Å². The first-order valence-corrected chi connectivity index (χ1v) is 8.24. The Kier molecular flexibility index (Phi) is 3.02. The van der Waals surface area contributed by atoms with E-state index in [4.69, 9.17) is 5.11 Å². The van der Waals surface area contributed by atoms with Crippen molar-refractivity contribution in [2.24, 2.45) is 0 Å². The van der Waals surface area contributed by atoms with Gasteiger partial charge in [-0.05, 0) is 41.6 Å². The third kappa shape index (κ3) is 1.99. The summed E-state index contributed by atoms with van der Waals surface area (Å²) in [6.07, 6.45) is 0.529. The minimum atomic E-state index is -3.54. The largest absolute Gasteiger partial charge is 0.478 e. The molecule has 0 fully saturated rings. The van der Waals surface area contributed by atoms with Crippen LogP contribution in [0.3, 0.4) is 0 Å². The SMILES string of the molecule is O=C(O)c1ccc2c(c1)CCN2S(=O)(=O)c1cccs1. The number of nitrogens with zero attached hydrogens (tertiary/aromatic N) is 1. The van der Waals surface area contributed by atoms with Crippen molar-refractivity contribution in [1.82, 2.24) is 0 Å². The van der Waals surface area contributed by atoms with Crippen LogP contribution in [0.4, 0.5) is 5.69 Å². The molecule has 0 saturated carbocycles. The van der Waals surface area contributed by atoms with Crippen LogP contribution in [0.5, 0.6) is 0 Å². The second-order valence-corrected chi connectivity index (χ2v) is 7.44. The van der Waals surface area contributed by atoms with Gasteiger partial charge in [-0.15, -0.1) is 11.3 Å². The predicted octanol–water partition coefficient (Wildman–Crippen LogP) is 2.20. The number of carboxylic acid groups (broad SMARTS) is 1. The molecule has 0 spiro atoms. The van der Waals surface area contributed by atoms with Gasteiger partial charge >= 0.3 is 5.97 Å². The molecule has 1 aliphatic rings. The molecule has 0 saturated heterocycles. The summed E-state index contributed by atoms with van der Waals surface area (Å²) < 4.78 is 26.6. The molecule has 2 heterocycles. The Balaban J connectivity index is 2.04. The third-order valence-corrected chi connectivity index (χ3v) is 6.41. The number of aromatic carboxylic acids is 1. The fraction of sp³-hybridized carbons (Fsp3) is 0.154. The summed E-state index contributed by atoms with van der Waals surface area (Å²) >= 11 is 1.18. The van der Waals surface area contributed by atoms with E-state index in [0.717, 1.165) is 5.56 Å². The number of fused-ring (bicyclic) bond motifs is 1. The Morgan fingerprint density at radius 2 is 2.10 bits per heavy atom. The Hall–Kier alpha value is -1.86. The monoisotopic (exact) mass is 309 g/mol. The molecule has 7 heteroatoms. The van der Waals surface area contributed by atoms with Crippen LogP contribution in [0.25, 0.3) is 0 Å². The van der Waals surface area contributed by atoms with Crippen molar-refractivity contribution in [3.8, 4) is 0 Å². The second-order valence-electron chi connectivity index (χ2n) is 4.41. The zero-order valence-corrected chi connectivity index (χ0v) is 11.9. The highest BCUT2D eigenvalue weighted by Gasteiger charge is 2.31. The van der Waals surface area contributed by atoms with Crippen molar-refractivity contribution in [2.75, 3.05) is 10.8 Å². The van der Waals surface area contributed by atoms with Crippen LogP contribution < -0.4 is 4.31 Å². The number of carbonyl (C=O) groups is 1. The highest BCUT2D eigenvalue weighted by molar-refractivity contribution is 7.94. The zero-order valence-electron chi connectivity index (χ0n) is 10.3. The third-order valence-electron chi connectivity index (χ3n) is 3.22. The lowest BCUT2D eigenvalue weighted by atomic mass is 10.1. The normalized spacial score (nSPS) is 14.3. The lowest BCUT2D eigenvalue weighted by Gasteiger charge is -2.18. The number of hydrogen-bond donors (Lipinski definition) is 1. The summed E-state index contributed by atoms with van der Waals surface area (Å²) in [5.41, 5.74) is 1.51. The number of thiophene rings is 1. The smallest absolute Gasteiger partial charge is 0.335 e. The van der Waals surface area contributed by atoms with Gasteiger partial charge in [-0.1, -0.05) is 6.07 Å². The van der Waals surface area contributed by atoms with E-state index in [1.54, 1.807) is 29.6 Å². The van der Waals surface area contributed by atoms with E-state index in [-0.39, 0.29) is 5.56 Å². The Morgan fingerprint density at radius 1 is 1.30 bits per heavy atom. The summed E-state index contributed by atoms with van der Waals surface area (Å²) in [4.78, 5) is 10.9. The Bertz CT molecular complexity index is 766. The molecule has 0 bridgehead atoms. The minimum Gasteiger partial charge on any atom is -0.478 e. The van der Waals surface area contributed by atoms with Gasteiger partial charge in [-0.2, -0.15) is 0 Å². The van der Waals surface area contributed by atoms with Crippen molar-refractivity contribution >= 4 is 33.0 Å². The van der Waals surface area contributed by atoms with Crippen LogP contribution in [0.1, 0.15) is 15.9 Å². The van der Waals surface area contributed by atoms with Crippen LogP contribution in [0, 0.1) is 0 Å². The summed E-state index contributed by atoms with van der Waals surface area (Å²) in [7, 11) is -3.54. The zero-order chi connectivity index (χ0) is 14.3. The van der Waals surface area contributed by atoms with E-state index in [9.17, 15) is 13.2 Å². The lowest BCUT2D eigenvalue weighted by molar-refractivity contribution is 0.0697. The molecule has 20 heavy (non-hydrogen) atoms. The second kappa shape index (κ2) is 4.60. The van der Waals surface area contributed by atoms with Crippen molar-refractivity contribution < 1.29 is 18.3 Å².